The van der Waals surface area contributed by atoms with Gasteiger partial charge < -0.3 is 15.1 Å². The van der Waals surface area contributed by atoms with E-state index >= 15 is 0 Å². The summed E-state index contributed by atoms with van der Waals surface area (Å²) in [4.78, 5) is 2.14. The van der Waals surface area contributed by atoms with E-state index in [1.165, 1.54) is 0 Å². The van der Waals surface area contributed by atoms with Crippen molar-refractivity contribution in [1.29, 1.82) is 0 Å². The highest BCUT2D eigenvalue weighted by Crippen LogP contribution is 2.25. The number of nitrogens with two attached hydrogens (primary N) is 1. The van der Waals surface area contributed by atoms with Crippen molar-refractivity contribution in [3.63, 3.8) is 0 Å². The van der Waals surface area contributed by atoms with Crippen LogP contribution in [0.25, 0.3) is 5.52 Å². The predicted octanol–water partition coefficient (Wildman–Crippen LogP) is 1.45. The minimum atomic E-state index is 0.758. The molecule has 5 nitrogen and oxygen atoms in total. The largest absolute Gasteiger partial charge is 0.394 e. The molecule has 2 heterocycles. The average Bonchev–Trinajstić information content (AvgIpc) is 2.66. The van der Waals surface area contributed by atoms with Crippen LogP contribution in [0.1, 0.15) is 6.42 Å². The molecule has 0 aliphatic heterocycles. The minimum absolute atomic E-state index is 0.758. The zero-order valence-corrected chi connectivity index (χ0v) is 12.3. The van der Waals surface area contributed by atoms with Crippen LogP contribution in [0.3, 0.4) is 0 Å². The second-order valence-corrected chi connectivity index (χ2v) is 6.06. The van der Waals surface area contributed by atoms with Gasteiger partial charge in [0.25, 0.3) is 0 Å². The van der Waals surface area contributed by atoms with Gasteiger partial charge in [-0.3, -0.25) is 0 Å². The number of fused-ring (bicyclic) bond motifs is 1. The zero-order valence-electron chi connectivity index (χ0n) is 12.3. The Kier molecular flexibility index (Phi) is 3.66. The predicted molar refractivity (Wildman–Crippen MR) is 80.4 cm³/mol. The Hall–Kier alpha value is -1.75. The molecule has 0 saturated heterocycles. The monoisotopic (exact) mass is 262 g/mol. The van der Waals surface area contributed by atoms with Gasteiger partial charge in [-0.1, -0.05) is 6.07 Å². The van der Waals surface area contributed by atoms with Gasteiger partial charge in [0.2, 0.25) is 0 Å². The third-order valence-electron chi connectivity index (χ3n) is 3.24. The summed E-state index contributed by atoms with van der Waals surface area (Å²) >= 11 is 0. The van der Waals surface area contributed by atoms with Crippen LogP contribution in [-0.4, -0.2) is 55.4 Å². The Labute approximate surface area is 114 Å². The lowest BCUT2D eigenvalue weighted by Gasteiger charge is -2.25. The Bertz CT molecular complexity index is 552. The molecule has 0 saturated carbocycles. The summed E-state index contributed by atoms with van der Waals surface area (Å²) in [5.41, 5.74) is 7.89. The molecule has 19 heavy (non-hydrogen) atoms. The Morgan fingerprint density at radius 3 is 2.68 bits per heavy atom. The molecule has 2 rings (SSSR count). The van der Waals surface area contributed by atoms with E-state index in [9.17, 15) is 0 Å². The number of hydrogen-bond acceptors (Lipinski definition) is 3. The molecule has 104 valence electrons. The van der Waals surface area contributed by atoms with E-state index in [-0.39, 0.29) is 0 Å². The summed E-state index contributed by atoms with van der Waals surface area (Å²) in [6.45, 7) is 2.10. The standard InChI is InChI=1S/C14H24N5/c1-17(9-7-11-19(2,3)4)14-13(15)12-8-5-6-10-18(12)16-14/h5-6,8,10H,7,9,11,15H2,1-4H3/q+1. The van der Waals surface area contributed by atoms with Crippen molar-refractivity contribution >= 4 is 17.0 Å². The molecular formula is C14H24N5+. The van der Waals surface area contributed by atoms with E-state index in [4.69, 9.17) is 5.73 Å². The number of anilines is 2. The Morgan fingerprint density at radius 1 is 1.32 bits per heavy atom. The minimum Gasteiger partial charge on any atom is -0.394 e. The number of aromatic nitrogens is 2. The van der Waals surface area contributed by atoms with Gasteiger partial charge in [-0.05, 0) is 12.1 Å². The lowest BCUT2D eigenvalue weighted by atomic mass is 10.3. The van der Waals surface area contributed by atoms with E-state index in [2.05, 4.69) is 31.1 Å². The lowest BCUT2D eigenvalue weighted by molar-refractivity contribution is -0.870. The highest BCUT2D eigenvalue weighted by Gasteiger charge is 2.14. The van der Waals surface area contributed by atoms with Crippen LogP contribution < -0.4 is 10.6 Å². The fourth-order valence-electron chi connectivity index (χ4n) is 2.18. The lowest BCUT2D eigenvalue weighted by Crippen LogP contribution is -2.37. The summed E-state index contributed by atoms with van der Waals surface area (Å²) in [7, 11) is 8.67. The normalized spacial score (nSPS) is 12.0. The van der Waals surface area contributed by atoms with Gasteiger partial charge in [0, 0.05) is 26.2 Å². The molecule has 0 unspecified atom stereocenters. The van der Waals surface area contributed by atoms with Gasteiger partial charge >= 0.3 is 0 Å². The summed E-state index contributed by atoms with van der Waals surface area (Å²) in [5, 5.41) is 4.54. The third-order valence-corrected chi connectivity index (χ3v) is 3.24. The highest BCUT2D eigenvalue weighted by molar-refractivity contribution is 5.81. The topological polar surface area (TPSA) is 46.6 Å². The van der Waals surface area contributed by atoms with Crippen molar-refractivity contribution < 1.29 is 4.48 Å². The molecule has 0 amide bonds. The van der Waals surface area contributed by atoms with Crippen molar-refractivity contribution in [2.24, 2.45) is 0 Å². The first-order chi connectivity index (χ1) is 8.88. The van der Waals surface area contributed by atoms with Crippen LogP contribution in [-0.2, 0) is 0 Å². The van der Waals surface area contributed by atoms with Crippen LogP contribution in [0.2, 0.25) is 0 Å². The fourth-order valence-corrected chi connectivity index (χ4v) is 2.18. The molecule has 2 aromatic heterocycles. The van der Waals surface area contributed by atoms with Gasteiger partial charge in [0.15, 0.2) is 5.82 Å². The molecule has 0 aliphatic rings. The molecule has 0 fully saturated rings. The Morgan fingerprint density at radius 2 is 2.05 bits per heavy atom. The molecule has 0 spiro atoms. The molecule has 0 aliphatic carbocycles. The molecule has 0 bridgehead atoms. The third kappa shape index (κ3) is 3.17. The SMILES string of the molecule is CN(CCC[N+](C)(C)C)c1nn2ccccc2c1N. The maximum atomic E-state index is 6.17. The second kappa shape index (κ2) is 5.09. The smallest absolute Gasteiger partial charge is 0.174 e. The molecule has 2 aromatic rings. The second-order valence-electron chi connectivity index (χ2n) is 6.06. The van der Waals surface area contributed by atoms with Crippen molar-refractivity contribution in [2.45, 2.75) is 6.42 Å². The van der Waals surface area contributed by atoms with Crippen LogP contribution >= 0.6 is 0 Å². The number of nitrogen functional groups attached to an aromatic ring is 1. The maximum absolute atomic E-state index is 6.17. The summed E-state index contributed by atoms with van der Waals surface area (Å²) in [6.07, 6.45) is 3.04. The van der Waals surface area contributed by atoms with E-state index in [1.54, 1.807) is 0 Å². The van der Waals surface area contributed by atoms with Gasteiger partial charge in [-0.15, -0.1) is 5.10 Å². The maximum Gasteiger partial charge on any atom is 0.174 e. The van der Waals surface area contributed by atoms with Crippen LogP contribution in [0.5, 0.6) is 0 Å². The number of nitrogens with zero attached hydrogens (tertiary/aromatic N) is 4. The van der Waals surface area contributed by atoms with Crippen LogP contribution in [0.15, 0.2) is 24.4 Å². The van der Waals surface area contributed by atoms with E-state index in [1.807, 2.05) is 36.0 Å². The molecule has 0 aromatic carbocycles. The summed E-state index contributed by atoms with van der Waals surface area (Å²) in [6, 6.07) is 5.93. The average molecular weight is 262 g/mol. The van der Waals surface area contributed by atoms with Crippen molar-refractivity contribution in [2.75, 3.05) is 51.9 Å². The van der Waals surface area contributed by atoms with E-state index < -0.39 is 0 Å². The fraction of sp³-hybridized carbons (Fsp3) is 0.500. The summed E-state index contributed by atoms with van der Waals surface area (Å²) < 4.78 is 2.81. The van der Waals surface area contributed by atoms with Gasteiger partial charge in [-0.2, -0.15) is 0 Å². The first kappa shape index (κ1) is 13.7. The van der Waals surface area contributed by atoms with Crippen LogP contribution in [0, 0.1) is 0 Å². The van der Waals surface area contributed by atoms with E-state index in [0.717, 1.165) is 41.0 Å². The van der Waals surface area contributed by atoms with Crippen molar-refractivity contribution in [3.8, 4) is 0 Å². The van der Waals surface area contributed by atoms with E-state index in [0.29, 0.717) is 0 Å². The van der Waals surface area contributed by atoms with Crippen LogP contribution in [0.4, 0.5) is 11.5 Å². The molecule has 0 atom stereocenters. The first-order valence-corrected chi connectivity index (χ1v) is 6.63. The number of quaternary nitrogens is 1. The molecular weight excluding hydrogens is 238 g/mol. The highest BCUT2D eigenvalue weighted by atomic mass is 15.3. The molecule has 0 radical (unpaired) electrons. The van der Waals surface area contributed by atoms with Crippen molar-refractivity contribution in [1.82, 2.24) is 9.61 Å². The summed E-state index contributed by atoms with van der Waals surface area (Å²) in [5.74, 6) is 0.868. The van der Waals surface area contributed by atoms with Gasteiger partial charge in [-0.25, -0.2) is 4.52 Å². The number of pyridine rings is 1. The van der Waals surface area contributed by atoms with Gasteiger partial charge in [0.05, 0.1) is 33.2 Å². The zero-order chi connectivity index (χ0) is 14.0. The Balaban J connectivity index is 2.09. The van der Waals surface area contributed by atoms with Crippen molar-refractivity contribution in [3.05, 3.63) is 24.4 Å². The molecule has 5 heteroatoms. The molecule has 2 N–H and O–H groups in total. The quantitative estimate of drug-likeness (QED) is 0.830. The number of rotatable bonds is 5. The first-order valence-electron chi connectivity index (χ1n) is 6.63. The number of hydrogen-bond donors (Lipinski definition) is 1. The van der Waals surface area contributed by atoms with Gasteiger partial charge in [0.1, 0.15) is 5.69 Å².